The molecule has 5 heteroatoms. The molecule has 1 aromatic heterocycles. The molecule has 0 aliphatic rings. The number of rotatable bonds is 6. The number of benzene rings is 2. The first-order valence-electron chi connectivity index (χ1n) is 8.49. The summed E-state index contributed by atoms with van der Waals surface area (Å²) in [5.74, 6) is 0.587. The van der Waals surface area contributed by atoms with Crippen molar-refractivity contribution in [3.8, 4) is 17.0 Å². The standard InChI is InChI=1S/C21H22N2O2S/c1-14-8-15(2)10-19(9-14)25-12-21(24)22-11-17-4-6-18(7-5-17)20-13-26-16(3)23-20/h4-10,13H,11-12H2,1-3H3,(H,22,24). The molecule has 3 rings (SSSR count). The minimum Gasteiger partial charge on any atom is -0.484 e. The molecule has 1 heterocycles. The number of hydrogen-bond donors (Lipinski definition) is 1. The molecule has 0 spiro atoms. The van der Waals surface area contributed by atoms with Crippen LogP contribution < -0.4 is 10.1 Å². The molecule has 0 saturated heterocycles. The predicted octanol–water partition coefficient (Wildman–Crippen LogP) is 4.43. The summed E-state index contributed by atoms with van der Waals surface area (Å²) in [4.78, 5) is 16.5. The average Bonchev–Trinajstić information content (AvgIpc) is 3.04. The van der Waals surface area contributed by atoms with Gasteiger partial charge in [-0.2, -0.15) is 0 Å². The van der Waals surface area contributed by atoms with E-state index in [0.717, 1.165) is 38.7 Å². The fourth-order valence-corrected chi connectivity index (χ4v) is 3.33. The van der Waals surface area contributed by atoms with Crippen LogP contribution >= 0.6 is 11.3 Å². The molecule has 0 fully saturated rings. The minimum atomic E-state index is -0.136. The first kappa shape index (κ1) is 18.1. The summed E-state index contributed by atoms with van der Waals surface area (Å²) >= 11 is 1.64. The van der Waals surface area contributed by atoms with Gasteiger partial charge in [-0.15, -0.1) is 11.3 Å². The van der Waals surface area contributed by atoms with E-state index in [1.165, 1.54) is 0 Å². The third kappa shape index (κ3) is 4.92. The van der Waals surface area contributed by atoms with Crippen molar-refractivity contribution in [1.29, 1.82) is 0 Å². The van der Waals surface area contributed by atoms with Crippen LogP contribution in [0.5, 0.6) is 5.75 Å². The van der Waals surface area contributed by atoms with E-state index in [4.69, 9.17) is 4.74 Å². The van der Waals surface area contributed by atoms with Gasteiger partial charge in [-0.25, -0.2) is 4.98 Å². The number of hydrogen-bond acceptors (Lipinski definition) is 4. The Bertz CT molecular complexity index is 880. The number of carbonyl (C=O) groups is 1. The van der Waals surface area contributed by atoms with Crippen molar-refractivity contribution in [3.05, 3.63) is 69.5 Å². The van der Waals surface area contributed by atoms with E-state index in [-0.39, 0.29) is 12.5 Å². The maximum Gasteiger partial charge on any atom is 0.258 e. The summed E-state index contributed by atoms with van der Waals surface area (Å²) in [6, 6.07) is 14.0. The molecule has 4 nitrogen and oxygen atoms in total. The van der Waals surface area contributed by atoms with Crippen molar-refractivity contribution in [3.63, 3.8) is 0 Å². The topological polar surface area (TPSA) is 51.2 Å². The zero-order valence-electron chi connectivity index (χ0n) is 15.2. The van der Waals surface area contributed by atoms with Gasteiger partial charge in [0.05, 0.1) is 10.7 Å². The smallest absolute Gasteiger partial charge is 0.258 e. The highest BCUT2D eigenvalue weighted by molar-refractivity contribution is 7.09. The molecule has 0 unspecified atom stereocenters. The normalized spacial score (nSPS) is 10.6. The van der Waals surface area contributed by atoms with Crippen molar-refractivity contribution in [1.82, 2.24) is 10.3 Å². The number of nitrogens with one attached hydrogen (secondary N) is 1. The second-order valence-electron chi connectivity index (χ2n) is 6.34. The van der Waals surface area contributed by atoms with Gasteiger partial charge in [0.1, 0.15) is 5.75 Å². The third-order valence-corrected chi connectivity index (χ3v) is 4.70. The SMILES string of the molecule is Cc1cc(C)cc(OCC(=O)NCc2ccc(-c3csc(C)n3)cc2)c1. The van der Waals surface area contributed by atoms with Crippen LogP contribution in [0.25, 0.3) is 11.3 Å². The predicted molar refractivity (Wildman–Crippen MR) is 106 cm³/mol. The lowest BCUT2D eigenvalue weighted by Gasteiger charge is -2.09. The quantitative estimate of drug-likeness (QED) is 0.702. The molecule has 3 aromatic rings. The second-order valence-corrected chi connectivity index (χ2v) is 7.40. The van der Waals surface area contributed by atoms with Crippen molar-refractivity contribution >= 4 is 17.2 Å². The molecular weight excluding hydrogens is 344 g/mol. The van der Waals surface area contributed by atoms with Gasteiger partial charge in [0, 0.05) is 17.5 Å². The van der Waals surface area contributed by atoms with E-state index in [9.17, 15) is 4.79 Å². The largest absolute Gasteiger partial charge is 0.484 e. The van der Waals surface area contributed by atoms with E-state index in [1.807, 2.05) is 57.2 Å². The van der Waals surface area contributed by atoms with Gasteiger partial charge in [-0.1, -0.05) is 30.3 Å². The van der Waals surface area contributed by atoms with E-state index < -0.39 is 0 Å². The van der Waals surface area contributed by atoms with Crippen LogP contribution in [0.2, 0.25) is 0 Å². The fourth-order valence-electron chi connectivity index (χ4n) is 2.71. The molecule has 134 valence electrons. The summed E-state index contributed by atoms with van der Waals surface area (Å²) < 4.78 is 5.58. The molecule has 0 radical (unpaired) electrons. The molecule has 0 saturated carbocycles. The lowest BCUT2D eigenvalue weighted by molar-refractivity contribution is -0.123. The molecule has 0 bridgehead atoms. The summed E-state index contributed by atoms with van der Waals surface area (Å²) in [5.41, 5.74) is 5.36. The van der Waals surface area contributed by atoms with Crippen molar-refractivity contribution in [2.45, 2.75) is 27.3 Å². The van der Waals surface area contributed by atoms with Gasteiger partial charge >= 0.3 is 0 Å². The molecule has 1 N–H and O–H groups in total. The van der Waals surface area contributed by atoms with E-state index >= 15 is 0 Å². The number of ether oxygens (including phenoxy) is 1. The number of aryl methyl sites for hydroxylation is 3. The zero-order valence-corrected chi connectivity index (χ0v) is 16.0. The molecular formula is C21H22N2O2S. The van der Waals surface area contributed by atoms with Crippen molar-refractivity contribution in [2.24, 2.45) is 0 Å². The Morgan fingerprint density at radius 2 is 1.77 bits per heavy atom. The van der Waals surface area contributed by atoms with Gasteiger partial charge in [0.25, 0.3) is 5.91 Å². The van der Waals surface area contributed by atoms with Gasteiger partial charge in [-0.05, 0) is 49.6 Å². The van der Waals surface area contributed by atoms with E-state index in [2.05, 4.69) is 21.7 Å². The highest BCUT2D eigenvalue weighted by atomic mass is 32.1. The number of carbonyl (C=O) groups excluding carboxylic acids is 1. The average molecular weight is 366 g/mol. The molecule has 0 aliphatic heterocycles. The zero-order chi connectivity index (χ0) is 18.5. The fraction of sp³-hybridized carbons (Fsp3) is 0.238. The maximum absolute atomic E-state index is 12.0. The van der Waals surface area contributed by atoms with Crippen LogP contribution in [-0.2, 0) is 11.3 Å². The Balaban J connectivity index is 1.49. The highest BCUT2D eigenvalue weighted by Crippen LogP contribution is 2.21. The van der Waals surface area contributed by atoms with Crippen LogP contribution in [0.15, 0.2) is 47.8 Å². The van der Waals surface area contributed by atoms with E-state index in [1.54, 1.807) is 11.3 Å². The minimum absolute atomic E-state index is 0.0130. The lowest BCUT2D eigenvalue weighted by atomic mass is 10.1. The van der Waals surface area contributed by atoms with Gasteiger partial charge < -0.3 is 10.1 Å². The molecule has 1 amide bonds. The molecule has 0 atom stereocenters. The molecule has 0 aliphatic carbocycles. The molecule has 2 aromatic carbocycles. The second kappa shape index (κ2) is 8.15. The summed E-state index contributed by atoms with van der Waals surface area (Å²) in [6.45, 7) is 6.51. The van der Waals surface area contributed by atoms with Crippen molar-refractivity contribution in [2.75, 3.05) is 6.61 Å². The summed E-state index contributed by atoms with van der Waals surface area (Å²) in [6.07, 6.45) is 0. The molecule has 26 heavy (non-hydrogen) atoms. The maximum atomic E-state index is 12.0. The Morgan fingerprint density at radius 3 is 2.38 bits per heavy atom. The first-order chi connectivity index (χ1) is 12.5. The first-order valence-corrected chi connectivity index (χ1v) is 9.37. The number of aromatic nitrogens is 1. The highest BCUT2D eigenvalue weighted by Gasteiger charge is 2.05. The Hall–Kier alpha value is -2.66. The van der Waals surface area contributed by atoms with Gasteiger partial charge in [0.2, 0.25) is 0 Å². The van der Waals surface area contributed by atoms with E-state index in [0.29, 0.717) is 6.54 Å². The number of thiazole rings is 1. The monoisotopic (exact) mass is 366 g/mol. The Labute approximate surface area is 157 Å². The van der Waals surface area contributed by atoms with Gasteiger partial charge in [0.15, 0.2) is 6.61 Å². The van der Waals surface area contributed by atoms with Crippen LogP contribution in [0.1, 0.15) is 21.7 Å². The van der Waals surface area contributed by atoms with Gasteiger partial charge in [-0.3, -0.25) is 4.79 Å². The third-order valence-electron chi connectivity index (χ3n) is 3.92. The van der Waals surface area contributed by atoms with Crippen LogP contribution in [0.3, 0.4) is 0 Å². The van der Waals surface area contributed by atoms with Crippen LogP contribution in [0, 0.1) is 20.8 Å². The Morgan fingerprint density at radius 1 is 1.08 bits per heavy atom. The summed E-state index contributed by atoms with van der Waals surface area (Å²) in [7, 11) is 0. The number of amides is 1. The van der Waals surface area contributed by atoms with Crippen LogP contribution in [0.4, 0.5) is 0 Å². The van der Waals surface area contributed by atoms with Crippen LogP contribution in [-0.4, -0.2) is 17.5 Å². The Kier molecular flexibility index (Phi) is 5.68. The lowest BCUT2D eigenvalue weighted by Crippen LogP contribution is -2.28. The van der Waals surface area contributed by atoms with Crippen molar-refractivity contribution < 1.29 is 9.53 Å². The number of nitrogens with zero attached hydrogens (tertiary/aromatic N) is 1. The summed E-state index contributed by atoms with van der Waals surface area (Å²) in [5, 5.41) is 5.99.